The van der Waals surface area contributed by atoms with E-state index < -0.39 is 6.04 Å². The fourth-order valence-corrected chi connectivity index (χ4v) is 2.18. The van der Waals surface area contributed by atoms with Crippen LogP contribution in [0.15, 0.2) is 35.8 Å². The maximum atomic E-state index is 12.0. The minimum absolute atomic E-state index is 0.288. The third-order valence-corrected chi connectivity index (χ3v) is 3.31. The first kappa shape index (κ1) is 12.5. The van der Waals surface area contributed by atoms with E-state index >= 15 is 0 Å². The summed E-state index contributed by atoms with van der Waals surface area (Å²) >= 11 is 1.45. The number of pyridine rings is 1. The molecule has 3 N–H and O–H groups in total. The van der Waals surface area contributed by atoms with E-state index in [0.29, 0.717) is 11.6 Å². The lowest BCUT2D eigenvalue weighted by Gasteiger charge is -2.12. The number of carbonyl (C=O) groups is 1. The number of nitrogens with zero attached hydrogens (tertiary/aromatic N) is 1. The smallest absolute Gasteiger partial charge is 0.246 e. The fourth-order valence-electron chi connectivity index (χ4n) is 1.46. The first-order valence-electron chi connectivity index (χ1n) is 5.31. The lowest BCUT2D eigenvalue weighted by Crippen LogP contribution is -2.27. The van der Waals surface area contributed by atoms with Gasteiger partial charge in [-0.2, -0.15) is 0 Å². The van der Waals surface area contributed by atoms with Gasteiger partial charge in [0.2, 0.25) is 11.8 Å². The van der Waals surface area contributed by atoms with Crippen molar-refractivity contribution >= 4 is 22.9 Å². The van der Waals surface area contributed by atoms with Gasteiger partial charge in [0.25, 0.3) is 0 Å². The molecule has 0 spiro atoms. The molecule has 2 aromatic heterocycles. The molecule has 0 saturated carbocycles. The van der Waals surface area contributed by atoms with Crippen LogP contribution in [0.3, 0.4) is 0 Å². The van der Waals surface area contributed by atoms with Crippen LogP contribution in [-0.4, -0.2) is 18.0 Å². The molecular formula is C12H13N3O2S. The first-order valence-corrected chi connectivity index (χ1v) is 6.19. The SMILES string of the molecule is COc1ncccc1NC(=O)C(N)c1cccs1. The zero-order valence-corrected chi connectivity index (χ0v) is 10.6. The Kier molecular flexibility index (Phi) is 3.91. The zero-order valence-electron chi connectivity index (χ0n) is 9.79. The largest absolute Gasteiger partial charge is 0.480 e. The molecule has 0 aliphatic heterocycles. The number of carbonyl (C=O) groups excluding carboxylic acids is 1. The average molecular weight is 263 g/mol. The van der Waals surface area contributed by atoms with Crippen molar-refractivity contribution in [2.24, 2.45) is 5.73 Å². The van der Waals surface area contributed by atoms with E-state index in [0.717, 1.165) is 4.88 Å². The van der Waals surface area contributed by atoms with Gasteiger partial charge in [0.05, 0.1) is 7.11 Å². The normalized spacial score (nSPS) is 11.9. The molecule has 0 bridgehead atoms. The molecule has 0 aliphatic rings. The molecule has 0 saturated heterocycles. The predicted octanol–water partition coefficient (Wildman–Crippen LogP) is 1.79. The van der Waals surface area contributed by atoms with Gasteiger partial charge in [0, 0.05) is 11.1 Å². The van der Waals surface area contributed by atoms with Crippen molar-refractivity contribution in [3.8, 4) is 5.88 Å². The first-order chi connectivity index (χ1) is 8.72. The second-order valence-corrected chi connectivity index (χ2v) is 4.52. The Balaban J connectivity index is 2.12. The van der Waals surface area contributed by atoms with E-state index in [9.17, 15) is 4.79 Å². The predicted molar refractivity (Wildman–Crippen MR) is 70.7 cm³/mol. The van der Waals surface area contributed by atoms with Crippen LogP contribution < -0.4 is 15.8 Å². The molecule has 0 fully saturated rings. The van der Waals surface area contributed by atoms with E-state index in [4.69, 9.17) is 10.5 Å². The molecule has 1 amide bonds. The summed E-state index contributed by atoms with van der Waals surface area (Å²) in [4.78, 5) is 16.8. The number of thiophene rings is 1. The van der Waals surface area contributed by atoms with E-state index in [2.05, 4.69) is 10.3 Å². The number of hydrogen-bond donors (Lipinski definition) is 2. The summed E-state index contributed by atoms with van der Waals surface area (Å²) in [7, 11) is 1.50. The number of anilines is 1. The lowest BCUT2D eigenvalue weighted by atomic mass is 10.2. The summed E-state index contributed by atoms with van der Waals surface area (Å²) in [6.45, 7) is 0. The molecule has 2 rings (SSSR count). The van der Waals surface area contributed by atoms with Gasteiger partial charge in [0.15, 0.2) is 0 Å². The van der Waals surface area contributed by atoms with Gasteiger partial charge in [-0.3, -0.25) is 4.79 Å². The van der Waals surface area contributed by atoms with Crippen LogP contribution in [0.5, 0.6) is 5.88 Å². The molecule has 5 nitrogen and oxygen atoms in total. The summed E-state index contributed by atoms with van der Waals surface area (Å²) in [5.74, 6) is 0.0768. The summed E-state index contributed by atoms with van der Waals surface area (Å²) in [5, 5.41) is 4.59. The number of amides is 1. The van der Waals surface area contributed by atoms with Crippen LogP contribution in [0.4, 0.5) is 5.69 Å². The number of nitrogens with one attached hydrogen (secondary N) is 1. The highest BCUT2D eigenvalue weighted by atomic mass is 32.1. The molecule has 1 atom stereocenters. The standard InChI is InChI=1S/C12H13N3O2S/c1-17-12-8(4-2-6-14-12)15-11(16)10(13)9-5-3-7-18-9/h2-7,10H,13H2,1H3,(H,15,16). The van der Waals surface area contributed by atoms with Gasteiger partial charge in [-0.25, -0.2) is 4.98 Å². The van der Waals surface area contributed by atoms with Crippen LogP contribution in [0.2, 0.25) is 0 Å². The Bertz CT molecular complexity index is 528. The van der Waals surface area contributed by atoms with Crippen molar-refractivity contribution < 1.29 is 9.53 Å². The van der Waals surface area contributed by atoms with E-state index in [-0.39, 0.29) is 5.91 Å². The second kappa shape index (κ2) is 5.61. The van der Waals surface area contributed by atoms with Gasteiger partial charge in [-0.15, -0.1) is 11.3 Å². The van der Waals surface area contributed by atoms with Gasteiger partial charge in [0.1, 0.15) is 11.7 Å². The molecule has 2 heterocycles. The Labute approximate surface area is 109 Å². The molecule has 0 aromatic carbocycles. The van der Waals surface area contributed by atoms with Crippen LogP contribution in [0.25, 0.3) is 0 Å². The molecule has 2 aromatic rings. The summed E-state index contributed by atoms with van der Waals surface area (Å²) < 4.78 is 5.05. The quantitative estimate of drug-likeness (QED) is 0.881. The Hall–Kier alpha value is -1.92. The summed E-state index contributed by atoms with van der Waals surface area (Å²) in [5.41, 5.74) is 6.37. The van der Waals surface area contributed by atoms with Gasteiger partial charge in [-0.05, 0) is 23.6 Å². The van der Waals surface area contributed by atoms with Crippen molar-refractivity contribution in [1.82, 2.24) is 4.98 Å². The third-order valence-electron chi connectivity index (χ3n) is 2.35. The van der Waals surface area contributed by atoms with Crippen molar-refractivity contribution in [2.45, 2.75) is 6.04 Å². The number of methoxy groups -OCH3 is 1. The van der Waals surface area contributed by atoms with Gasteiger partial charge in [-0.1, -0.05) is 6.07 Å². The number of hydrogen-bond acceptors (Lipinski definition) is 5. The summed E-state index contributed by atoms with van der Waals surface area (Å²) in [6, 6.07) is 6.43. The molecule has 0 radical (unpaired) electrons. The number of rotatable bonds is 4. The molecule has 6 heteroatoms. The fraction of sp³-hybridized carbons (Fsp3) is 0.167. The van der Waals surface area contributed by atoms with Crippen molar-refractivity contribution in [2.75, 3.05) is 12.4 Å². The molecule has 94 valence electrons. The number of aromatic nitrogens is 1. The highest BCUT2D eigenvalue weighted by molar-refractivity contribution is 7.10. The van der Waals surface area contributed by atoms with Crippen LogP contribution in [-0.2, 0) is 4.79 Å². The van der Waals surface area contributed by atoms with Crippen LogP contribution >= 0.6 is 11.3 Å². The molecule has 1 unspecified atom stereocenters. The molecule has 0 aliphatic carbocycles. The maximum Gasteiger partial charge on any atom is 0.246 e. The number of ether oxygens (including phenoxy) is 1. The molecule has 18 heavy (non-hydrogen) atoms. The Morgan fingerprint density at radius 3 is 3.00 bits per heavy atom. The maximum absolute atomic E-state index is 12.0. The van der Waals surface area contributed by atoms with Crippen molar-refractivity contribution in [3.05, 3.63) is 40.7 Å². The van der Waals surface area contributed by atoms with E-state index in [1.807, 2.05) is 17.5 Å². The minimum Gasteiger partial charge on any atom is -0.480 e. The Morgan fingerprint density at radius 2 is 2.33 bits per heavy atom. The van der Waals surface area contributed by atoms with E-state index in [1.165, 1.54) is 18.4 Å². The topological polar surface area (TPSA) is 77.2 Å². The second-order valence-electron chi connectivity index (χ2n) is 3.54. The van der Waals surface area contributed by atoms with E-state index in [1.54, 1.807) is 18.3 Å². The third kappa shape index (κ3) is 2.66. The highest BCUT2D eigenvalue weighted by Crippen LogP contribution is 2.23. The number of nitrogens with two attached hydrogens (primary N) is 1. The highest BCUT2D eigenvalue weighted by Gasteiger charge is 2.18. The van der Waals surface area contributed by atoms with Gasteiger partial charge < -0.3 is 15.8 Å². The molecular weight excluding hydrogens is 250 g/mol. The Morgan fingerprint density at radius 1 is 1.50 bits per heavy atom. The summed E-state index contributed by atoms with van der Waals surface area (Å²) in [6.07, 6.45) is 1.59. The van der Waals surface area contributed by atoms with Crippen LogP contribution in [0.1, 0.15) is 10.9 Å². The monoisotopic (exact) mass is 263 g/mol. The van der Waals surface area contributed by atoms with Crippen LogP contribution in [0, 0.1) is 0 Å². The average Bonchev–Trinajstić information content (AvgIpc) is 2.92. The minimum atomic E-state index is -0.685. The lowest BCUT2D eigenvalue weighted by molar-refractivity contribution is -0.117. The van der Waals surface area contributed by atoms with Crippen molar-refractivity contribution in [1.29, 1.82) is 0 Å². The zero-order chi connectivity index (χ0) is 13.0. The van der Waals surface area contributed by atoms with Crippen molar-refractivity contribution in [3.63, 3.8) is 0 Å². The van der Waals surface area contributed by atoms with Gasteiger partial charge >= 0.3 is 0 Å².